The van der Waals surface area contributed by atoms with E-state index in [1.807, 2.05) is 6.92 Å². The average Bonchev–Trinajstić information content (AvgIpc) is 2.81. The van der Waals surface area contributed by atoms with Gasteiger partial charge in [-0.3, -0.25) is 4.79 Å². The van der Waals surface area contributed by atoms with E-state index in [0.29, 0.717) is 26.1 Å². The molecule has 0 amide bonds. The summed E-state index contributed by atoms with van der Waals surface area (Å²) >= 11 is 0. The van der Waals surface area contributed by atoms with Crippen molar-refractivity contribution in [1.82, 2.24) is 4.90 Å². The van der Waals surface area contributed by atoms with Gasteiger partial charge in [-0.15, -0.1) is 0 Å². The number of aliphatic carboxylic acids is 1. The molecular formula is C16H20F3NO2. The molecule has 0 spiro atoms. The van der Waals surface area contributed by atoms with Gasteiger partial charge < -0.3 is 10.0 Å². The van der Waals surface area contributed by atoms with Crippen molar-refractivity contribution >= 4 is 5.97 Å². The summed E-state index contributed by atoms with van der Waals surface area (Å²) in [4.78, 5) is 13.3. The Labute approximate surface area is 127 Å². The Morgan fingerprint density at radius 1 is 1.36 bits per heavy atom. The maximum absolute atomic E-state index is 12.5. The normalized spacial score (nSPS) is 24.4. The zero-order valence-corrected chi connectivity index (χ0v) is 12.7. The second kappa shape index (κ2) is 5.91. The van der Waals surface area contributed by atoms with Crippen molar-refractivity contribution in [3.63, 3.8) is 0 Å². The Balaban J connectivity index is 1.99. The second-order valence-corrected chi connectivity index (χ2v) is 6.37. The fourth-order valence-electron chi connectivity index (χ4n) is 2.88. The maximum atomic E-state index is 12.5. The molecule has 0 radical (unpaired) electrons. The summed E-state index contributed by atoms with van der Waals surface area (Å²) in [5.41, 5.74) is -0.542. The van der Waals surface area contributed by atoms with Crippen molar-refractivity contribution in [2.24, 2.45) is 5.41 Å². The molecule has 1 aromatic rings. The van der Waals surface area contributed by atoms with Gasteiger partial charge in [-0.1, -0.05) is 19.1 Å². The number of carboxylic acid groups (broad SMARTS) is 1. The molecule has 2 rings (SSSR count). The van der Waals surface area contributed by atoms with Crippen LogP contribution in [0, 0.1) is 5.41 Å². The molecule has 1 heterocycles. The molecule has 3 nitrogen and oxygen atoms in total. The summed E-state index contributed by atoms with van der Waals surface area (Å²) in [7, 11) is 0. The van der Waals surface area contributed by atoms with Crippen LogP contribution < -0.4 is 0 Å². The monoisotopic (exact) mass is 315 g/mol. The minimum Gasteiger partial charge on any atom is -0.481 e. The van der Waals surface area contributed by atoms with E-state index in [1.54, 1.807) is 6.92 Å². The van der Waals surface area contributed by atoms with Crippen LogP contribution in [-0.4, -0.2) is 35.6 Å². The first-order chi connectivity index (χ1) is 10.1. The highest BCUT2D eigenvalue weighted by molar-refractivity contribution is 5.74. The predicted molar refractivity (Wildman–Crippen MR) is 76.7 cm³/mol. The van der Waals surface area contributed by atoms with E-state index in [0.717, 1.165) is 17.7 Å². The van der Waals surface area contributed by atoms with Crippen molar-refractivity contribution in [3.05, 3.63) is 35.4 Å². The molecule has 0 aromatic heterocycles. The van der Waals surface area contributed by atoms with E-state index in [4.69, 9.17) is 0 Å². The van der Waals surface area contributed by atoms with Gasteiger partial charge in [-0.05, 0) is 43.5 Å². The molecule has 22 heavy (non-hydrogen) atoms. The molecule has 6 heteroatoms. The first kappa shape index (κ1) is 16.8. The van der Waals surface area contributed by atoms with Crippen molar-refractivity contribution in [3.8, 4) is 0 Å². The van der Waals surface area contributed by atoms with E-state index in [1.165, 1.54) is 12.1 Å². The summed E-state index contributed by atoms with van der Waals surface area (Å²) in [6.07, 6.45) is -3.72. The number of benzene rings is 1. The van der Waals surface area contributed by atoms with Gasteiger partial charge in [-0.25, -0.2) is 0 Å². The molecule has 1 fully saturated rings. The number of alkyl halides is 3. The SMILES string of the molecule is CC(CN1CCC(C)(C(=O)O)C1)c1ccc(C(F)(F)F)cc1. The number of halogens is 3. The van der Waals surface area contributed by atoms with Crippen LogP contribution in [0.1, 0.15) is 37.3 Å². The molecule has 1 saturated heterocycles. The third-order valence-electron chi connectivity index (χ3n) is 4.41. The highest BCUT2D eigenvalue weighted by Gasteiger charge is 2.40. The molecule has 0 saturated carbocycles. The van der Waals surface area contributed by atoms with Crippen LogP contribution in [0.2, 0.25) is 0 Å². The van der Waals surface area contributed by atoms with Gasteiger partial charge in [0.05, 0.1) is 11.0 Å². The average molecular weight is 315 g/mol. The molecule has 122 valence electrons. The number of carboxylic acids is 1. The fraction of sp³-hybridized carbons (Fsp3) is 0.562. The van der Waals surface area contributed by atoms with Crippen LogP contribution in [0.4, 0.5) is 13.2 Å². The van der Waals surface area contributed by atoms with E-state index in [-0.39, 0.29) is 5.92 Å². The third-order valence-corrected chi connectivity index (χ3v) is 4.41. The number of rotatable bonds is 4. The molecule has 0 aliphatic carbocycles. The molecule has 1 aliphatic heterocycles. The fourth-order valence-corrected chi connectivity index (χ4v) is 2.88. The lowest BCUT2D eigenvalue weighted by atomic mass is 9.90. The quantitative estimate of drug-likeness (QED) is 0.923. The Morgan fingerprint density at radius 3 is 2.41 bits per heavy atom. The van der Waals surface area contributed by atoms with E-state index in [9.17, 15) is 23.1 Å². The molecule has 2 atom stereocenters. The van der Waals surface area contributed by atoms with Gasteiger partial charge in [0.25, 0.3) is 0 Å². The van der Waals surface area contributed by atoms with Gasteiger partial charge in [0.15, 0.2) is 0 Å². The molecule has 2 unspecified atom stereocenters. The standard InChI is InChI=1S/C16H20F3NO2/c1-11(9-20-8-7-15(2,10-20)14(21)22)12-3-5-13(6-4-12)16(17,18)19/h3-6,11H,7-10H2,1-2H3,(H,21,22). The van der Waals surface area contributed by atoms with Gasteiger partial charge in [0, 0.05) is 13.1 Å². The highest BCUT2D eigenvalue weighted by Crippen LogP contribution is 2.33. The Kier molecular flexibility index (Phi) is 4.52. The molecular weight excluding hydrogens is 295 g/mol. The number of carbonyl (C=O) groups is 1. The summed E-state index contributed by atoms with van der Waals surface area (Å²) < 4.78 is 37.6. The van der Waals surface area contributed by atoms with E-state index < -0.39 is 23.1 Å². The topological polar surface area (TPSA) is 40.5 Å². The van der Waals surface area contributed by atoms with Gasteiger partial charge in [0.1, 0.15) is 0 Å². The van der Waals surface area contributed by atoms with E-state index >= 15 is 0 Å². The van der Waals surface area contributed by atoms with Crippen LogP contribution >= 0.6 is 0 Å². The minimum absolute atomic E-state index is 0.0541. The largest absolute Gasteiger partial charge is 0.481 e. The number of hydrogen-bond acceptors (Lipinski definition) is 2. The zero-order valence-electron chi connectivity index (χ0n) is 12.7. The van der Waals surface area contributed by atoms with Gasteiger partial charge in [0.2, 0.25) is 0 Å². The Hall–Kier alpha value is -1.56. The number of likely N-dealkylation sites (tertiary alicyclic amines) is 1. The minimum atomic E-state index is -4.32. The lowest BCUT2D eigenvalue weighted by Gasteiger charge is -2.23. The molecule has 1 N–H and O–H groups in total. The second-order valence-electron chi connectivity index (χ2n) is 6.37. The molecule has 0 bridgehead atoms. The maximum Gasteiger partial charge on any atom is 0.416 e. The summed E-state index contributed by atoms with van der Waals surface area (Å²) in [6.45, 7) is 5.51. The summed E-state index contributed by atoms with van der Waals surface area (Å²) in [5.74, 6) is -0.740. The zero-order chi connectivity index (χ0) is 16.5. The lowest BCUT2D eigenvalue weighted by molar-refractivity contribution is -0.147. The smallest absolute Gasteiger partial charge is 0.416 e. The summed E-state index contributed by atoms with van der Waals surface area (Å²) in [5, 5.41) is 9.22. The lowest BCUT2D eigenvalue weighted by Crippen LogP contribution is -2.33. The van der Waals surface area contributed by atoms with Crippen molar-refractivity contribution in [2.45, 2.75) is 32.4 Å². The van der Waals surface area contributed by atoms with Gasteiger partial charge >= 0.3 is 12.1 Å². The van der Waals surface area contributed by atoms with Crippen LogP contribution in [0.5, 0.6) is 0 Å². The Morgan fingerprint density at radius 2 is 1.95 bits per heavy atom. The van der Waals surface area contributed by atoms with Crippen molar-refractivity contribution in [2.75, 3.05) is 19.6 Å². The number of hydrogen-bond donors (Lipinski definition) is 1. The van der Waals surface area contributed by atoms with Crippen LogP contribution in [0.25, 0.3) is 0 Å². The van der Waals surface area contributed by atoms with Crippen LogP contribution in [0.3, 0.4) is 0 Å². The number of nitrogens with zero attached hydrogens (tertiary/aromatic N) is 1. The van der Waals surface area contributed by atoms with Gasteiger partial charge in [-0.2, -0.15) is 13.2 Å². The Bertz CT molecular complexity index is 541. The van der Waals surface area contributed by atoms with Crippen molar-refractivity contribution in [1.29, 1.82) is 0 Å². The predicted octanol–water partition coefficient (Wildman–Crippen LogP) is 3.61. The first-order valence-corrected chi connectivity index (χ1v) is 7.25. The third kappa shape index (κ3) is 3.61. The van der Waals surface area contributed by atoms with Crippen LogP contribution in [0.15, 0.2) is 24.3 Å². The van der Waals surface area contributed by atoms with Crippen LogP contribution in [-0.2, 0) is 11.0 Å². The molecule has 1 aromatic carbocycles. The molecule has 1 aliphatic rings. The highest BCUT2D eigenvalue weighted by atomic mass is 19.4. The first-order valence-electron chi connectivity index (χ1n) is 7.25. The summed E-state index contributed by atoms with van der Waals surface area (Å²) in [6, 6.07) is 5.19. The van der Waals surface area contributed by atoms with Crippen molar-refractivity contribution < 1.29 is 23.1 Å². The van der Waals surface area contributed by atoms with E-state index in [2.05, 4.69) is 4.90 Å².